The number of benzene rings is 1. The van der Waals surface area contributed by atoms with Crippen LogP contribution in [-0.4, -0.2) is 39.7 Å². The molecule has 0 radical (unpaired) electrons. The third-order valence-corrected chi connectivity index (χ3v) is 4.03. The van der Waals surface area contributed by atoms with Crippen LogP contribution in [0.25, 0.3) is 11.3 Å². The fourth-order valence-electron chi connectivity index (χ4n) is 2.64. The van der Waals surface area contributed by atoms with Crippen LogP contribution in [0.2, 0.25) is 5.02 Å². The number of aryl methyl sites for hydroxylation is 1. The van der Waals surface area contributed by atoms with E-state index < -0.39 is 0 Å². The van der Waals surface area contributed by atoms with Gasteiger partial charge in [0.1, 0.15) is 5.69 Å². The summed E-state index contributed by atoms with van der Waals surface area (Å²) in [7, 11) is 1.80. The lowest BCUT2D eigenvalue weighted by atomic mass is 10.1. The van der Waals surface area contributed by atoms with Gasteiger partial charge in [0.2, 0.25) is 0 Å². The zero-order valence-electron chi connectivity index (χ0n) is 11.8. The van der Waals surface area contributed by atoms with Gasteiger partial charge in [-0.2, -0.15) is 5.10 Å². The topological polar surface area (TPSA) is 64.2 Å². The van der Waals surface area contributed by atoms with Gasteiger partial charge >= 0.3 is 0 Å². The fraction of sp³-hybridized carbons (Fsp3) is 0.333. The summed E-state index contributed by atoms with van der Waals surface area (Å²) in [6, 6.07) is 7.48. The Morgan fingerprint density at radius 1 is 1.43 bits per heavy atom. The maximum Gasteiger partial charge on any atom is 0.257 e. The largest absolute Gasteiger partial charge is 0.337 e. The lowest BCUT2D eigenvalue weighted by Gasteiger charge is -2.15. The van der Waals surface area contributed by atoms with Gasteiger partial charge in [0.05, 0.1) is 10.6 Å². The van der Waals surface area contributed by atoms with Crippen LogP contribution in [-0.2, 0) is 7.05 Å². The molecule has 0 unspecified atom stereocenters. The van der Waals surface area contributed by atoms with Gasteiger partial charge in [0, 0.05) is 37.9 Å². The number of hydrogen-bond acceptors (Lipinski definition) is 3. The van der Waals surface area contributed by atoms with Crippen LogP contribution in [0.5, 0.6) is 0 Å². The van der Waals surface area contributed by atoms with E-state index in [2.05, 4.69) is 5.10 Å². The van der Waals surface area contributed by atoms with Crippen molar-refractivity contribution in [2.45, 2.75) is 12.5 Å². The Morgan fingerprint density at radius 2 is 2.19 bits per heavy atom. The maximum atomic E-state index is 12.7. The number of nitrogens with two attached hydrogens (primary N) is 1. The predicted molar refractivity (Wildman–Crippen MR) is 82.1 cm³/mol. The second-order valence-corrected chi connectivity index (χ2v) is 5.75. The molecule has 1 fully saturated rings. The summed E-state index contributed by atoms with van der Waals surface area (Å²) in [5, 5.41) is 4.99. The minimum Gasteiger partial charge on any atom is -0.337 e. The van der Waals surface area contributed by atoms with Crippen molar-refractivity contribution in [3.8, 4) is 11.3 Å². The van der Waals surface area contributed by atoms with Crippen LogP contribution in [0, 0.1) is 0 Å². The van der Waals surface area contributed by atoms with Gasteiger partial charge < -0.3 is 10.6 Å². The van der Waals surface area contributed by atoms with E-state index in [0.29, 0.717) is 29.4 Å². The van der Waals surface area contributed by atoms with Crippen LogP contribution in [0.3, 0.4) is 0 Å². The Balaban J connectivity index is 2.00. The van der Waals surface area contributed by atoms with Crippen molar-refractivity contribution >= 4 is 17.5 Å². The second-order valence-electron chi connectivity index (χ2n) is 5.34. The van der Waals surface area contributed by atoms with E-state index in [0.717, 1.165) is 12.0 Å². The molecule has 0 aliphatic carbocycles. The Kier molecular flexibility index (Phi) is 3.69. The molecule has 21 heavy (non-hydrogen) atoms. The molecular formula is C15H17ClN4O. The van der Waals surface area contributed by atoms with E-state index >= 15 is 0 Å². The zero-order valence-corrected chi connectivity index (χ0v) is 12.5. The van der Waals surface area contributed by atoms with Crippen molar-refractivity contribution in [1.82, 2.24) is 14.7 Å². The number of halogens is 1. The summed E-state index contributed by atoms with van der Waals surface area (Å²) in [4.78, 5) is 14.5. The first-order valence-corrected chi connectivity index (χ1v) is 7.27. The molecule has 1 saturated heterocycles. The number of aromatic nitrogens is 2. The van der Waals surface area contributed by atoms with Crippen molar-refractivity contribution in [1.29, 1.82) is 0 Å². The second kappa shape index (κ2) is 5.50. The van der Waals surface area contributed by atoms with E-state index in [1.807, 2.05) is 18.2 Å². The number of rotatable bonds is 2. The molecule has 2 aromatic rings. The van der Waals surface area contributed by atoms with Crippen molar-refractivity contribution in [3.63, 3.8) is 0 Å². The normalized spacial score (nSPS) is 18.2. The molecule has 0 spiro atoms. The number of carbonyl (C=O) groups excluding carboxylic acids is 1. The van der Waals surface area contributed by atoms with E-state index in [4.69, 9.17) is 17.3 Å². The standard InChI is InChI=1S/C15H17ClN4O/c1-19-9-12(15(21)20-7-6-10(17)8-20)14(18-19)11-4-2-3-5-13(11)16/h2-5,9-10H,6-8,17H2,1H3/t10-/m1/s1. The Labute approximate surface area is 128 Å². The molecule has 3 rings (SSSR count). The molecule has 1 atom stereocenters. The monoisotopic (exact) mass is 304 g/mol. The minimum atomic E-state index is -0.0361. The smallest absolute Gasteiger partial charge is 0.257 e. The molecule has 2 N–H and O–H groups in total. The molecule has 1 aliphatic heterocycles. The van der Waals surface area contributed by atoms with Crippen molar-refractivity contribution in [2.75, 3.05) is 13.1 Å². The van der Waals surface area contributed by atoms with Crippen LogP contribution in [0.1, 0.15) is 16.8 Å². The average molecular weight is 305 g/mol. The molecule has 2 heterocycles. The highest BCUT2D eigenvalue weighted by molar-refractivity contribution is 6.33. The molecule has 110 valence electrons. The molecule has 1 aromatic carbocycles. The third kappa shape index (κ3) is 2.66. The van der Waals surface area contributed by atoms with Crippen LogP contribution < -0.4 is 5.73 Å². The SMILES string of the molecule is Cn1cc(C(=O)N2CC[C@@H](N)C2)c(-c2ccccc2Cl)n1. The Hall–Kier alpha value is -1.85. The summed E-state index contributed by atoms with van der Waals surface area (Å²) in [5.74, 6) is -0.0361. The van der Waals surface area contributed by atoms with Crippen molar-refractivity contribution in [2.24, 2.45) is 12.8 Å². The highest BCUT2D eigenvalue weighted by Crippen LogP contribution is 2.30. The van der Waals surface area contributed by atoms with Gasteiger partial charge in [0.15, 0.2) is 0 Å². The van der Waals surface area contributed by atoms with Crippen molar-refractivity contribution in [3.05, 3.63) is 41.0 Å². The third-order valence-electron chi connectivity index (χ3n) is 3.70. The summed E-state index contributed by atoms with van der Waals surface area (Å²) in [6.07, 6.45) is 2.58. The van der Waals surface area contributed by atoms with E-state index in [-0.39, 0.29) is 11.9 Å². The van der Waals surface area contributed by atoms with Gasteiger partial charge in [-0.25, -0.2) is 0 Å². The van der Waals surface area contributed by atoms with Gasteiger partial charge in [-0.1, -0.05) is 29.8 Å². The number of hydrogen-bond donors (Lipinski definition) is 1. The molecule has 0 saturated carbocycles. The molecule has 1 aliphatic rings. The van der Waals surface area contributed by atoms with Crippen LogP contribution in [0.15, 0.2) is 30.5 Å². The Bertz CT molecular complexity index is 682. The van der Waals surface area contributed by atoms with Crippen LogP contribution in [0.4, 0.5) is 0 Å². The van der Waals surface area contributed by atoms with Crippen molar-refractivity contribution < 1.29 is 4.79 Å². The van der Waals surface area contributed by atoms with Gasteiger partial charge in [-0.05, 0) is 12.5 Å². The first-order chi connectivity index (χ1) is 10.1. The first kappa shape index (κ1) is 14.1. The molecular weight excluding hydrogens is 288 g/mol. The highest BCUT2D eigenvalue weighted by atomic mass is 35.5. The van der Waals surface area contributed by atoms with E-state index in [9.17, 15) is 4.79 Å². The molecule has 0 bridgehead atoms. The van der Waals surface area contributed by atoms with Gasteiger partial charge in [0.25, 0.3) is 5.91 Å². The maximum absolute atomic E-state index is 12.7. The minimum absolute atomic E-state index is 0.0361. The Morgan fingerprint density at radius 3 is 2.86 bits per heavy atom. The molecule has 5 nitrogen and oxygen atoms in total. The van der Waals surface area contributed by atoms with Gasteiger partial charge in [-0.15, -0.1) is 0 Å². The van der Waals surface area contributed by atoms with E-state index in [1.54, 1.807) is 28.9 Å². The van der Waals surface area contributed by atoms with Gasteiger partial charge in [-0.3, -0.25) is 9.48 Å². The number of nitrogens with zero attached hydrogens (tertiary/aromatic N) is 3. The average Bonchev–Trinajstić information content (AvgIpc) is 3.05. The fourth-order valence-corrected chi connectivity index (χ4v) is 2.86. The molecule has 1 aromatic heterocycles. The quantitative estimate of drug-likeness (QED) is 0.922. The van der Waals surface area contributed by atoms with Crippen LogP contribution >= 0.6 is 11.6 Å². The number of amides is 1. The molecule has 1 amide bonds. The predicted octanol–water partition coefficient (Wildman–Crippen LogP) is 1.91. The number of likely N-dealkylation sites (tertiary alicyclic amines) is 1. The zero-order chi connectivity index (χ0) is 15.0. The summed E-state index contributed by atoms with van der Waals surface area (Å²) < 4.78 is 1.64. The highest BCUT2D eigenvalue weighted by Gasteiger charge is 2.28. The summed E-state index contributed by atoms with van der Waals surface area (Å²) >= 11 is 6.23. The summed E-state index contributed by atoms with van der Waals surface area (Å²) in [5.41, 5.74) is 7.84. The summed E-state index contributed by atoms with van der Waals surface area (Å²) in [6.45, 7) is 1.28. The number of carbonyl (C=O) groups is 1. The molecule has 6 heteroatoms. The first-order valence-electron chi connectivity index (χ1n) is 6.89. The lowest BCUT2D eigenvalue weighted by molar-refractivity contribution is 0.0791. The van der Waals surface area contributed by atoms with E-state index in [1.165, 1.54) is 0 Å². The lowest BCUT2D eigenvalue weighted by Crippen LogP contribution is -2.32.